The van der Waals surface area contributed by atoms with Crippen LogP contribution in [0.3, 0.4) is 0 Å². The van der Waals surface area contributed by atoms with Crippen LogP contribution in [0.4, 0.5) is 0 Å². The van der Waals surface area contributed by atoms with Gasteiger partial charge in [0.2, 0.25) is 0 Å². The lowest BCUT2D eigenvalue weighted by molar-refractivity contribution is 1.58. The van der Waals surface area contributed by atoms with E-state index in [1.165, 1.54) is 174 Å². The van der Waals surface area contributed by atoms with Crippen molar-refractivity contribution in [3.63, 3.8) is 0 Å². The van der Waals surface area contributed by atoms with Gasteiger partial charge in [-0.15, -0.1) is 12.8 Å². The Morgan fingerprint density at radius 2 is 0.605 bits per heavy atom. The Labute approximate surface area is 439 Å². The predicted octanol–water partition coefficient (Wildman–Crippen LogP) is 20.1. The molecule has 0 saturated carbocycles. The van der Waals surface area contributed by atoms with Crippen molar-refractivity contribution in [2.24, 2.45) is 0 Å². The molecule has 0 nitrogen and oxygen atoms in total. The second-order valence-corrected chi connectivity index (χ2v) is 20.2. The summed E-state index contributed by atoms with van der Waals surface area (Å²) in [7, 11) is 0. The largest absolute Gasteiger partial charge is 0.106 e. The molecular formula is C76H40. The van der Waals surface area contributed by atoms with E-state index >= 15 is 0 Å². The third-order valence-corrected chi connectivity index (χ3v) is 16.6. The Kier molecular flexibility index (Phi) is 8.89. The van der Waals surface area contributed by atoms with Crippen molar-refractivity contribution in [2.75, 3.05) is 0 Å². The molecule has 0 heteroatoms. The van der Waals surface area contributed by atoms with E-state index < -0.39 is 0 Å². The zero-order chi connectivity index (χ0) is 50.2. The van der Waals surface area contributed by atoms with E-state index in [0.717, 1.165) is 0 Å². The minimum Gasteiger partial charge on any atom is -0.106 e. The van der Waals surface area contributed by atoms with Crippen LogP contribution in [-0.4, -0.2) is 0 Å². The lowest BCUT2D eigenvalue weighted by atomic mass is 9.85. The molecule has 0 spiro atoms. The minimum absolute atomic E-state index is 1.23. The molecule has 0 amide bonds. The summed E-state index contributed by atoms with van der Waals surface area (Å²) in [5, 5.41) is 26.8. The van der Waals surface area contributed by atoms with Crippen molar-refractivity contribution in [1.82, 2.24) is 0 Å². The number of rotatable bonds is 4. The van der Waals surface area contributed by atoms with E-state index in [2.05, 4.69) is 254 Å². The van der Waals surface area contributed by atoms with E-state index in [1.54, 1.807) is 0 Å². The highest BCUT2D eigenvalue weighted by Crippen LogP contribution is 2.58. The van der Waals surface area contributed by atoms with Crippen LogP contribution in [0.25, 0.3) is 174 Å². The van der Waals surface area contributed by atoms with E-state index in [-0.39, 0.29) is 0 Å². The molecular weight excluding hydrogens is 913 g/mol. The van der Waals surface area contributed by atoms with Crippen molar-refractivity contribution in [1.29, 1.82) is 0 Å². The second kappa shape index (κ2) is 16.0. The lowest BCUT2D eigenvalue weighted by Crippen LogP contribution is -1.90. The van der Waals surface area contributed by atoms with Crippen molar-refractivity contribution < 1.29 is 0 Å². The highest BCUT2D eigenvalue weighted by Gasteiger charge is 2.30. The highest BCUT2D eigenvalue weighted by atomic mass is 14.3. The molecule has 0 bridgehead atoms. The van der Waals surface area contributed by atoms with Gasteiger partial charge in [-0.2, -0.15) is 0 Å². The minimum atomic E-state index is 1.23. The van der Waals surface area contributed by atoms with Crippen LogP contribution in [0.15, 0.2) is 231 Å². The van der Waals surface area contributed by atoms with E-state index in [4.69, 9.17) is 12.8 Å². The molecule has 0 radical (unpaired) electrons. The van der Waals surface area contributed by atoms with Crippen LogP contribution in [0, 0.1) is 36.5 Å². The van der Waals surface area contributed by atoms with Gasteiger partial charge in [0.25, 0.3) is 0 Å². The monoisotopic (exact) mass is 952 g/mol. The molecule has 0 aromatic heterocycles. The van der Waals surface area contributed by atoms with E-state index in [1.807, 2.05) is 0 Å². The second-order valence-electron chi connectivity index (χ2n) is 20.2. The first-order valence-corrected chi connectivity index (χ1v) is 25.9. The molecule has 0 aliphatic heterocycles. The fourth-order valence-electron chi connectivity index (χ4n) is 13.8. The molecule has 16 aromatic rings. The number of fused-ring (bicyclic) bond motifs is 14. The summed E-state index contributed by atoms with van der Waals surface area (Å²) in [6.07, 6.45) is 9.39. The molecule has 1 aliphatic carbocycles. The van der Waals surface area contributed by atoms with Gasteiger partial charge in [0, 0.05) is 0 Å². The number of hydrogen-bond acceptors (Lipinski definition) is 0. The van der Waals surface area contributed by atoms with Gasteiger partial charge in [-0.25, -0.2) is 0 Å². The van der Waals surface area contributed by atoms with Gasteiger partial charge in [-0.1, -0.05) is 218 Å². The maximum Gasteiger partial charge on any atom is -0.000695 e. The summed E-state index contributed by atoms with van der Waals surface area (Å²) < 4.78 is 0. The van der Waals surface area contributed by atoms with Gasteiger partial charge in [0.05, 0.1) is 0 Å². The molecule has 0 heterocycles. The van der Waals surface area contributed by atoms with Crippen LogP contribution in [0.2, 0.25) is 0 Å². The molecule has 0 atom stereocenters. The van der Waals surface area contributed by atoms with Gasteiger partial charge >= 0.3 is 0 Å². The fraction of sp³-hybridized carbons (Fsp3) is 0. The van der Waals surface area contributed by atoms with Crippen molar-refractivity contribution >= 4 is 108 Å². The third-order valence-electron chi connectivity index (χ3n) is 16.6. The Balaban J connectivity index is 0.000000771. The van der Waals surface area contributed by atoms with Crippen LogP contribution >= 0.6 is 0 Å². The SMILES string of the molecule is C#CC#CC#C.c1ccc(-c2ccccc2-c2ccc3c(c2)-c2ccc4c5ccc6c7c(ccc(c8ccc-3c2c84)c57)c2c(-c3ccccc3-c3ccccc3)c3cc4ccccc4c4c5ccccc5c(c62)c34)cc1. The van der Waals surface area contributed by atoms with Crippen molar-refractivity contribution in [3.05, 3.63) is 231 Å². The van der Waals surface area contributed by atoms with Crippen LogP contribution in [-0.2, 0) is 0 Å². The Bertz CT molecular complexity index is 5240. The van der Waals surface area contributed by atoms with Crippen molar-refractivity contribution in [2.45, 2.75) is 0 Å². The topological polar surface area (TPSA) is 0 Å². The number of benzene rings is 14. The Morgan fingerprint density at radius 3 is 1.24 bits per heavy atom. The van der Waals surface area contributed by atoms with Crippen LogP contribution in [0.5, 0.6) is 0 Å². The number of terminal acetylenes is 2. The van der Waals surface area contributed by atoms with Crippen molar-refractivity contribution in [3.8, 4) is 103 Å². The normalized spacial score (nSPS) is 11.8. The first-order valence-electron chi connectivity index (χ1n) is 25.9. The van der Waals surface area contributed by atoms with Gasteiger partial charge in [0.15, 0.2) is 0 Å². The standard InChI is InChI=1S/C70H38.C6H2/c1-3-15-39(16-4-1)43-20-9-10-22-45(43)42-27-28-47-51-29-30-52-54-33-35-57-66-58(36-34-55(64(54)66)53-31-32-56(59(47)37-42)62(51)63(52)53)69-67-50-26-14-13-25-49(50)61-46-23-8-7-19-41(46)38-60(70(61)67)65(68(57)69)48-24-12-11-21-44(48)40-17-5-2-6-18-40;1-3-5-6-4-2/h1-38H;1-2H. The average Bonchev–Trinajstić information content (AvgIpc) is 4.22. The smallest absolute Gasteiger partial charge is 0.000695 e. The molecule has 0 N–H and O–H groups in total. The molecule has 0 saturated heterocycles. The molecule has 344 valence electrons. The van der Waals surface area contributed by atoms with Gasteiger partial charge in [-0.05, 0) is 210 Å². The predicted molar refractivity (Wildman–Crippen MR) is 327 cm³/mol. The Hall–Kier alpha value is -10.4. The van der Waals surface area contributed by atoms with Crippen LogP contribution < -0.4 is 0 Å². The van der Waals surface area contributed by atoms with E-state index in [9.17, 15) is 0 Å². The first-order chi connectivity index (χ1) is 37.7. The van der Waals surface area contributed by atoms with Gasteiger partial charge in [0.1, 0.15) is 0 Å². The Morgan fingerprint density at radius 1 is 0.211 bits per heavy atom. The summed E-state index contributed by atoms with van der Waals surface area (Å²) in [5.74, 6) is 8.61. The fourth-order valence-corrected chi connectivity index (χ4v) is 13.8. The summed E-state index contributed by atoms with van der Waals surface area (Å²) in [6, 6.07) is 87.2. The van der Waals surface area contributed by atoms with E-state index in [0.29, 0.717) is 0 Å². The maximum atomic E-state index is 4.70. The molecule has 16 aromatic carbocycles. The first kappa shape index (κ1) is 42.1. The maximum absolute atomic E-state index is 4.70. The molecule has 76 heavy (non-hydrogen) atoms. The van der Waals surface area contributed by atoms with Gasteiger partial charge in [-0.3, -0.25) is 0 Å². The lowest BCUT2D eigenvalue weighted by Gasteiger charge is -2.17. The zero-order valence-electron chi connectivity index (χ0n) is 41.1. The summed E-state index contributed by atoms with van der Waals surface area (Å²) >= 11 is 0. The quantitative estimate of drug-likeness (QED) is 0.0937. The molecule has 17 rings (SSSR count). The zero-order valence-corrected chi connectivity index (χ0v) is 41.1. The highest BCUT2D eigenvalue weighted by molar-refractivity contribution is 6.52. The third kappa shape index (κ3) is 5.67. The van der Waals surface area contributed by atoms with Crippen LogP contribution in [0.1, 0.15) is 0 Å². The summed E-state index contributed by atoms with van der Waals surface area (Å²) in [5.41, 5.74) is 15.4. The number of hydrogen-bond donors (Lipinski definition) is 0. The molecule has 0 unspecified atom stereocenters. The summed E-state index contributed by atoms with van der Waals surface area (Å²) in [6.45, 7) is 0. The molecule has 0 fully saturated rings. The summed E-state index contributed by atoms with van der Waals surface area (Å²) in [4.78, 5) is 0. The van der Waals surface area contributed by atoms with Gasteiger partial charge < -0.3 is 0 Å². The molecule has 1 aliphatic rings. The average molecular weight is 953 g/mol.